The van der Waals surface area contributed by atoms with Gasteiger partial charge < -0.3 is 10.2 Å². The fourth-order valence-corrected chi connectivity index (χ4v) is 5.59. The predicted octanol–water partition coefficient (Wildman–Crippen LogP) is 4.08. The number of aliphatic hydroxyl groups excluding tert-OH is 2. The van der Waals surface area contributed by atoms with Crippen molar-refractivity contribution in [3.63, 3.8) is 0 Å². The Hall–Kier alpha value is -0.600. The average Bonchev–Trinajstić information content (AvgIpc) is 2.64. The van der Waals surface area contributed by atoms with Crippen LogP contribution in [0, 0.1) is 28.6 Å². The third-order valence-electron chi connectivity index (χ3n) is 7.20. The molecular weight excluding hydrogens is 272 g/mol. The molecule has 3 aliphatic carbocycles. The lowest BCUT2D eigenvalue weighted by molar-refractivity contribution is -0.0714. The fourth-order valence-electron chi connectivity index (χ4n) is 5.59. The Morgan fingerprint density at radius 3 is 2.55 bits per heavy atom. The fraction of sp³-hybridized carbons (Fsp3) is 0.800. The first-order valence-electron chi connectivity index (χ1n) is 8.94. The van der Waals surface area contributed by atoms with Crippen molar-refractivity contribution in [3.8, 4) is 0 Å². The third-order valence-corrected chi connectivity index (χ3v) is 7.20. The number of fused-ring (bicyclic) bond motifs is 3. The predicted molar refractivity (Wildman–Crippen MR) is 90.4 cm³/mol. The standard InChI is InChI=1S/C20H32O2/c1-12(2)14-10-17(22)20(5)9-8-19(4)11-16(21)13(3)6-7-15(19)18(14)20/h10,12,15-18,21-22H,3,6-9,11H2,1-2,4-5H3. The average molecular weight is 304 g/mol. The SMILES string of the molecule is C=C1CCC2C3C(C(C)C)=CC(O)C3(C)CCC2(C)CC1O. The first-order chi connectivity index (χ1) is 10.2. The molecule has 22 heavy (non-hydrogen) atoms. The van der Waals surface area contributed by atoms with E-state index in [-0.39, 0.29) is 23.0 Å². The molecule has 2 heteroatoms. The van der Waals surface area contributed by atoms with Crippen LogP contribution in [0.1, 0.15) is 59.8 Å². The molecule has 2 N–H and O–H groups in total. The van der Waals surface area contributed by atoms with Gasteiger partial charge in [0, 0.05) is 5.41 Å². The van der Waals surface area contributed by atoms with Crippen LogP contribution in [0.15, 0.2) is 23.8 Å². The Balaban J connectivity index is 2.02. The number of allylic oxidation sites excluding steroid dienone is 1. The molecule has 6 unspecified atom stereocenters. The van der Waals surface area contributed by atoms with Crippen molar-refractivity contribution in [2.24, 2.45) is 28.6 Å². The van der Waals surface area contributed by atoms with Gasteiger partial charge in [0.15, 0.2) is 0 Å². The Morgan fingerprint density at radius 1 is 1.23 bits per heavy atom. The topological polar surface area (TPSA) is 40.5 Å². The number of hydrogen-bond donors (Lipinski definition) is 2. The van der Waals surface area contributed by atoms with E-state index in [0.717, 1.165) is 37.7 Å². The zero-order chi connectivity index (χ0) is 16.3. The van der Waals surface area contributed by atoms with Gasteiger partial charge in [-0.2, -0.15) is 0 Å². The molecule has 3 aliphatic rings. The summed E-state index contributed by atoms with van der Waals surface area (Å²) in [6.07, 6.45) is 6.51. The van der Waals surface area contributed by atoms with Crippen molar-refractivity contribution in [1.29, 1.82) is 0 Å². The molecule has 0 saturated heterocycles. The third kappa shape index (κ3) is 2.22. The van der Waals surface area contributed by atoms with E-state index in [9.17, 15) is 10.2 Å². The molecule has 2 nitrogen and oxygen atoms in total. The molecule has 0 radical (unpaired) electrons. The van der Waals surface area contributed by atoms with Crippen molar-refractivity contribution in [2.45, 2.75) is 72.0 Å². The number of aliphatic hydroxyl groups is 2. The summed E-state index contributed by atoms with van der Waals surface area (Å²) in [4.78, 5) is 0. The van der Waals surface area contributed by atoms with Gasteiger partial charge in [-0.05, 0) is 60.8 Å². The van der Waals surface area contributed by atoms with Gasteiger partial charge in [-0.25, -0.2) is 0 Å². The molecule has 0 aromatic carbocycles. The van der Waals surface area contributed by atoms with E-state index >= 15 is 0 Å². The maximum Gasteiger partial charge on any atom is 0.0783 e. The minimum absolute atomic E-state index is 0.0135. The van der Waals surface area contributed by atoms with Gasteiger partial charge >= 0.3 is 0 Å². The Morgan fingerprint density at radius 2 is 1.91 bits per heavy atom. The highest BCUT2D eigenvalue weighted by molar-refractivity contribution is 5.29. The van der Waals surface area contributed by atoms with E-state index in [4.69, 9.17) is 0 Å². The Labute approximate surface area is 135 Å². The molecule has 0 spiro atoms. The summed E-state index contributed by atoms with van der Waals surface area (Å²) in [5, 5.41) is 21.1. The molecule has 6 atom stereocenters. The lowest BCUT2D eigenvalue weighted by atomic mass is 9.51. The smallest absolute Gasteiger partial charge is 0.0783 e. The Kier molecular flexibility index (Phi) is 3.85. The quantitative estimate of drug-likeness (QED) is 0.717. The van der Waals surface area contributed by atoms with Gasteiger partial charge in [-0.3, -0.25) is 0 Å². The molecular formula is C20H32O2. The number of rotatable bonds is 1. The van der Waals surface area contributed by atoms with Gasteiger partial charge in [-0.15, -0.1) is 0 Å². The van der Waals surface area contributed by atoms with Crippen LogP contribution in [0.2, 0.25) is 0 Å². The molecule has 3 rings (SSSR count). The van der Waals surface area contributed by atoms with Crippen molar-refractivity contribution in [1.82, 2.24) is 0 Å². The lowest BCUT2D eigenvalue weighted by Gasteiger charge is -2.54. The summed E-state index contributed by atoms with van der Waals surface area (Å²) in [7, 11) is 0. The molecule has 2 saturated carbocycles. The van der Waals surface area contributed by atoms with E-state index < -0.39 is 0 Å². The van der Waals surface area contributed by atoms with Gasteiger partial charge in [0.05, 0.1) is 12.2 Å². The minimum Gasteiger partial charge on any atom is -0.389 e. The van der Waals surface area contributed by atoms with Crippen LogP contribution in [0.25, 0.3) is 0 Å². The van der Waals surface area contributed by atoms with Gasteiger partial charge in [0.1, 0.15) is 0 Å². The van der Waals surface area contributed by atoms with Crippen LogP contribution in [-0.2, 0) is 0 Å². The summed E-state index contributed by atoms with van der Waals surface area (Å²) in [6, 6.07) is 0. The zero-order valence-electron chi connectivity index (χ0n) is 14.6. The molecule has 0 aliphatic heterocycles. The molecule has 0 amide bonds. The van der Waals surface area contributed by atoms with Crippen LogP contribution in [0.3, 0.4) is 0 Å². The van der Waals surface area contributed by atoms with Crippen LogP contribution in [0.4, 0.5) is 0 Å². The van der Waals surface area contributed by atoms with Crippen molar-refractivity contribution >= 4 is 0 Å². The molecule has 2 fully saturated rings. The first-order valence-corrected chi connectivity index (χ1v) is 8.94. The summed E-state index contributed by atoms with van der Waals surface area (Å²) in [5.41, 5.74) is 2.61. The highest BCUT2D eigenvalue weighted by Crippen LogP contribution is 2.64. The maximum absolute atomic E-state index is 10.7. The highest BCUT2D eigenvalue weighted by atomic mass is 16.3. The Bertz CT molecular complexity index is 506. The maximum atomic E-state index is 10.7. The molecule has 0 aromatic rings. The normalized spacial score (nSPS) is 48.7. The molecule has 0 heterocycles. The van der Waals surface area contributed by atoms with Crippen molar-refractivity contribution in [2.75, 3.05) is 0 Å². The van der Waals surface area contributed by atoms with Crippen LogP contribution in [-0.4, -0.2) is 22.4 Å². The second-order valence-electron chi connectivity index (χ2n) is 8.93. The van der Waals surface area contributed by atoms with Gasteiger partial charge in [0.2, 0.25) is 0 Å². The number of hydrogen-bond acceptors (Lipinski definition) is 2. The summed E-state index contributed by atoms with van der Waals surface area (Å²) in [6.45, 7) is 13.2. The summed E-state index contributed by atoms with van der Waals surface area (Å²) >= 11 is 0. The van der Waals surface area contributed by atoms with Crippen molar-refractivity contribution in [3.05, 3.63) is 23.8 Å². The van der Waals surface area contributed by atoms with E-state index in [2.05, 4.69) is 40.3 Å². The van der Waals surface area contributed by atoms with Crippen molar-refractivity contribution < 1.29 is 10.2 Å². The monoisotopic (exact) mass is 304 g/mol. The summed E-state index contributed by atoms with van der Waals surface area (Å²) < 4.78 is 0. The van der Waals surface area contributed by atoms with Gasteiger partial charge in [-0.1, -0.05) is 45.9 Å². The van der Waals surface area contributed by atoms with Crippen LogP contribution >= 0.6 is 0 Å². The zero-order valence-corrected chi connectivity index (χ0v) is 14.6. The first kappa shape index (κ1) is 16.3. The van der Waals surface area contributed by atoms with E-state index in [1.807, 2.05) is 0 Å². The minimum atomic E-state index is -0.350. The second kappa shape index (κ2) is 5.21. The lowest BCUT2D eigenvalue weighted by Crippen LogP contribution is -2.49. The highest BCUT2D eigenvalue weighted by Gasteiger charge is 2.58. The van der Waals surface area contributed by atoms with E-state index in [1.165, 1.54) is 5.57 Å². The van der Waals surface area contributed by atoms with E-state index in [0.29, 0.717) is 17.8 Å². The van der Waals surface area contributed by atoms with Gasteiger partial charge in [0.25, 0.3) is 0 Å². The summed E-state index contributed by atoms with van der Waals surface area (Å²) in [5.74, 6) is 1.49. The van der Waals surface area contributed by atoms with E-state index in [1.54, 1.807) is 0 Å². The molecule has 0 aromatic heterocycles. The molecule has 0 bridgehead atoms. The largest absolute Gasteiger partial charge is 0.389 e. The van der Waals surface area contributed by atoms with Crippen LogP contribution in [0.5, 0.6) is 0 Å². The second-order valence-corrected chi connectivity index (χ2v) is 8.93. The van der Waals surface area contributed by atoms with Crippen LogP contribution < -0.4 is 0 Å². The molecule has 124 valence electrons.